The van der Waals surface area contributed by atoms with E-state index in [2.05, 4.69) is 37.5 Å². The SMILES string of the molecule is C.C.C.C.C.C.CC(C)=O.CC1CC(C)C1.COC.COC(=O)OC.COC(C)=O.COC(C)=O.CSC. The standard InChI is InChI=1S/C6H12.C3H6O3.2C3H6O2.C3H6O.C2H6O.C2H6S.6CH4/c1-5-3-6(2)4-5;1-5-3(4)6-2;2*1-3(4)5-2;1-3(2)4;2*1-3-2;;;;;;/h5-6H,3-4H2,1-2H3;1-2H3;2*1-2H3;1-2H3;2*1-2H3;6*1H4. The van der Waals surface area contributed by atoms with E-state index in [1.54, 1.807) is 26.0 Å². The second kappa shape index (κ2) is 70.3. The predicted molar refractivity (Wildman–Crippen MR) is 171 cm³/mol. The van der Waals surface area contributed by atoms with Crippen molar-refractivity contribution in [3.05, 3.63) is 0 Å². The second-order valence-electron chi connectivity index (χ2n) is 6.46. The molecule has 0 spiro atoms. The number of hydrogen-bond donors (Lipinski definition) is 0. The Morgan fingerprint density at radius 1 is 0.553 bits per heavy atom. The van der Waals surface area contributed by atoms with Gasteiger partial charge in [-0.3, -0.25) is 9.59 Å². The van der Waals surface area contributed by atoms with Gasteiger partial charge in [-0.2, -0.15) is 11.8 Å². The smallest absolute Gasteiger partial charge is 0.469 e. The van der Waals surface area contributed by atoms with E-state index in [9.17, 15) is 19.2 Å². The Hall–Kier alpha value is -1.81. The molecule has 0 aromatic heterocycles. The molecule has 1 aliphatic rings. The molecule has 0 unspecified atom stereocenters. The van der Waals surface area contributed by atoms with Crippen LogP contribution in [0.15, 0.2) is 0 Å². The van der Waals surface area contributed by atoms with Gasteiger partial charge in [-0.05, 0) is 51.0 Å². The van der Waals surface area contributed by atoms with E-state index in [4.69, 9.17) is 0 Å². The lowest BCUT2D eigenvalue weighted by Crippen LogP contribution is -2.16. The number of Topliss-reactive ketones (excluding diaryl/α,β-unsaturated/α-hetero) is 1. The van der Waals surface area contributed by atoms with E-state index in [0.717, 1.165) is 11.8 Å². The Morgan fingerprint density at radius 2 is 0.684 bits per heavy atom. The first kappa shape index (κ1) is 76.6. The van der Waals surface area contributed by atoms with E-state index in [-0.39, 0.29) is 62.3 Å². The van der Waals surface area contributed by atoms with E-state index in [0.29, 0.717) is 0 Å². The van der Waals surface area contributed by atoms with Crippen LogP contribution >= 0.6 is 11.8 Å². The van der Waals surface area contributed by atoms with Gasteiger partial charge in [0.2, 0.25) is 0 Å². The van der Waals surface area contributed by atoms with Crippen molar-refractivity contribution in [1.29, 1.82) is 0 Å². The molecule has 244 valence electrons. The summed E-state index contributed by atoms with van der Waals surface area (Å²) in [5.74, 6) is 1.76. The Bertz CT molecular complexity index is 381. The molecule has 1 saturated carbocycles. The van der Waals surface area contributed by atoms with Gasteiger partial charge in [0.15, 0.2) is 0 Å². The number of ether oxygens (including phenoxy) is 5. The van der Waals surface area contributed by atoms with Crippen molar-refractivity contribution >= 4 is 35.6 Å². The molecular formula is C28H72O9S. The summed E-state index contributed by atoms with van der Waals surface area (Å²) < 4.78 is 20.5. The highest BCUT2D eigenvalue weighted by molar-refractivity contribution is 7.97. The van der Waals surface area contributed by atoms with Crippen LogP contribution in [0, 0.1) is 11.8 Å². The molecule has 0 bridgehead atoms. The Balaban J connectivity index is -0.0000000205. The molecule has 0 radical (unpaired) electrons. The molecule has 0 amide bonds. The molecule has 0 saturated heterocycles. The minimum atomic E-state index is -0.657. The van der Waals surface area contributed by atoms with Crippen molar-refractivity contribution < 1.29 is 42.9 Å². The molecule has 0 heterocycles. The fraction of sp³-hybridized carbons (Fsp3) is 0.857. The highest BCUT2D eigenvalue weighted by Crippen LogP contribution is 2.31. The van der Waals surface area contributed by atoms with Crippen LogP contribution in [0.1, 0.15) is 98.9 Å². The molecule has 9 nitrogen and oxygen atoms in total. The quantitative estimate of drug-likeness (QED) is 0.203. The zero-order chi connectivity index (χ0) is 27.1. The third-order valence-corrected chi connectivity index (χ3v) is 2.52. The third-order valence-electron chi connectivity index (χ3n) is 2.52. The van der Waals surface area contributed by atoms with Crippen LogP contribution in [0.5, 0.6) is 0 Å². The maximum atomic E-state index is 9.74. The number of methoxy groups -OCH3 is 5. The molecule has 0 atom stereocenters. The first-order valence-corrected chi connectivity index (χ1v) is 11.3. The molecular weight excluding hydrogens is 512 g/mol. The average molecular weight is 585 g/mol. The zero-order valence-electron chi connectivity index (χ0n) is 22.7. The van der Waals surface area contributed by atoms with Crippen molar-refractivity contribution in [2.24, 2.45) is 11.8 Å². The van der Waals surface area contributed by atoms with Crippen molar-refractivity contribution in [3.63, 3.8) is 0 Å². The minimum Gasteiger partial charge on any atom is -0.469 e. The molecule has 38 heavy (non-hydrogen) atoms. The summed E-state index contributed by atoms with van der Waals surface area (Å²) in [6.45, 7) is 10.4. The highest BCUT2D eigenvalue weighted by Gasteiger charge is 2.19. The summed E-state index contributed by atoms with van der Waals surface area (Å²) in [6, 6.07) is 0. The molecule has 1 aliphatic carbocycles. The zero-order valence-corrected chi connectivity index (χ0v) is 23.5. The van der Waals surface area contributed by atoms with Gasteiger partial charge in [0.25, 0.3) is 0 Å². The van der Waals surface area contributed by atoms with Crippen LogP contribution in [0.3, 0.4) is 0 Å². The van der Waals surface area contributed by atoms with E-state index in [1.165, 1.54) is 69.0 Å². The lowest BCUT2D eigenvalue weighted by molar-refractivity contribution is -0.138. The lowest BCUT2D eigenvalue weighted by atomic mass is 9.78. The number of thioether (sulfide) groups is 1. The number of esters is 2. The van der Waals surface area contributed by atoms with Gasteiger partial charge < -0.3 is 28.5 Å². The van der Waals surface area contributed by atoms with Gasteiger partial charge in [-0.15, -0.1) is 0 Å². The molecule has 1 fully saturated rings. The third kappa shape index (κ3) is 187. The summed E-state index contributed by atoms with van der Waals surface area (Å²) in [4.78, 5) is 38.4. The first-order valence-electron chi connectivity index (χ1n) is 9.69. The van der Waals surface area contributed by atoms with Crippen LogP contribution < -0.4 is 0 Å². The Labute approximate surface area is 244 Å². The van der Waals surface area contributed by atoms with Gasteiger partial charge in [0.1, 0.15) is 5.78 Å². The highest BCUT2D eigenvalue weighted by atomic mass is 32.2. The van der Waals surface area contributed by atoms with Crippen LogP contribution in [-0.4, -0.2) is 79.0 Å². The minimum absolute atomic E-state index is 0. The second-order valence-corrected chi connectivity index (χ2v) is 7.27. The summed E-state index contributed by atoms with van der Waals surface area (Å²) in [5.41, 5.74) is 0. The monoisotopic (exact) mass is 584 g/mol. The number of ketones is 1. The van der Waals surface area contributed by atoms with Gasteiger partial charge in [0.05, 0.1) is 28.4 Å². The molecule has 0 aliphatic heterocycles. The van der Waals surface area contributed by atoms with Gasteiger partial charge in [0, 0.05) is 28.1 Å². The Kier molecular flexibility index (Phi) is 142. The fourth-order valence-corrected chi connectivity index (χ4v) is 1.39. The van der Waals surface area contributed by atoms with Gasteiger partial charge >= 0.3 is 18.1 Å². The molecule has 1 rings (SSSR count). The largest absolute Gasteiger partial charge is 0.507 e. The molecule has 10 heteroatoms. The maximum Gasteiger partial charge on any atom is 0.507 e. The molecule has 0 N–H and O–H groups in total. The maximum absolute atomic E-state index is 9.74. The van der Waals surface area contributed by atoms with Crippen LogP contribution in [-0.2, 0) is 38.1 Å². The first-order chi connectivity index (χ1) is 14.7. The summed E-state index contributed by atoms with van der Waals surface area (Å²) in [5, 5.41) is 0. The van der Waals surface area contributed by atoms with Crippen LogP contribution in [0.25, 0.3) is 0 Å². The normalized spacial score (nSPS) is 11.6. The lowest BCUT2D eigenvalue weighted by Gasteiger charge is -2.28. The topological polar surface area (TPSA) is 114 Å². The molecule has 0 aromatic carbocycles. The van der Waals surface area contributed by atoms with E-state index >= 15 is 0 Å². The predicted octanol–water partition coefficient (Wildman–Crippen LogP) is 8.46. The van der Waals surface area contributed by atoms with Crippen LogP contribution in [0.4, 0.5) is 4.79 Å². The Morgan fingerprint density at radius 3 is 0.684 bits per heavy atom. The van der Waals surface area contributed by atoms with E-state index < -0.39 is 6.16 Å². The van der Waals surface area contributed by atoms with E-state index in [1.807, 2.05) is 12.5 Å². The fourth-order valence-electron chi connectivity index (χ4n) is 1.39. The number of rotatable bonds is 0. The van der Waals surface area contributed by atoms with Crippen molar-refractivity contribution in [2.45, 2.75) is 98.9 Å². The average Bonchev–Trinajstić information content (AvgIpc) is 2.68. The van der Waals surface area contributed by atoms with Gasteiger partial charge in [-0.25, -0.2) is 4.79 Å². The number of carbonyl (C=O) groups is 4. The molecule has 0 aromatic rings. The number of carbonyl (C=O) groups excluding carboxylic acids is 4. The summed E-state index contributed by atoms with van der Waals surface area (Å²) >= 11 is 1.75. The van der Waals surface area contributed by atoms with Crippen molar-refractivity contribution in [3.8, 4) is 0 Å². The summed E-state index contributed by atoms with van der Waals surface area (Å²) in [7, 11) is 8.46. The van der Waals surface area contributed by atoms with Crippen LogP contribution in [0.2, 0.25) is 0 Å². The summed E-state index contributed by atoms with van der Waals surface area (Å²) in [6.07, 6.45) is 6.37. The van der Waals surface area contributed by atoms with Crippen molar-refractivity contribution in [2.75, 3.05) is 55.2 Å². The van der Waals surface area contributed by atoms with Gasteiger partial charge in [-0.1, -0.05) is 58.4 Å². The van der Waals surface area contributed by atoms with Crippen molar-refractivity contribution in [1.82, 2.24) is 0 Å². The number of hydrogen-bond acceptors (Lipinski definition) is 10.